The fourth-order valence-corrected chi connectivity index (χ4v) is 5.62. The lowest BCUT2D eigenvalue weighted by Crippen LogP contribution is -2.57. The lowest BCUT2D eigenvalue weighted by Gasteiger charge is -2.43. The molecular formula is C32H36N4O3. The van der Waals surface area contributed by atoms with E-state index in [1.165, 1.54) is 0 Å². The maximum absolute atomic E-state index is 13.9. The van der Waals surface area contributed by atoms with Crippen LogP contribution in [-0.2, 0) is 9.59 Å². The Morgan fingerprint density at radius 3 is 2.08 bits per heavy atom. The number of rotatable bonds is 7. The van der Waals surface area contributed by atoms with Crippen molar-refractivity contribution in [2.45, 2.75) is 44.7 Å². The number of nitrogens with one attached hydrogen (secondary N) is 1. The van der Waals surface area contributed by atoms with Crippen LogP contribution in [0.5, 0.6) is 0 Å². The summed E-state index contributed by atoms with van der Waals surface area (Å²) in [4.78, 5) is 45.6. The van der Waals surface area contributed by atoms with Gasteiger partial charge in [-0.15, -0.1) is 0 Å². The Hall–Kier alpha value is -4.13. The van der Waals surface area contributed by atoms with Crippen LogP contribution in [0.15, 0.2) is 84.9 Å². The number of carbonyl (C=O) groups excluding carboxylic acids is 3. The summed E-state index contributed by atoms with van der Waals surface area (Å²) in [7, 11) is 0. The summed E-state index contributed by atoms with van der Waals surface area (Å²) >= 11 is 0. The van der Waals surface area contributed by atoms with Gasteiger partial charge < -0.3 is 20.0 Å². The van der Waals surface area contributed by atoms with Crippen LogP contribution in [0.4, 0.5) is 5.69 Å². The number of amides is 3. The number of hydrogen-bond donors (Lipinski definition) is 1. The number of hydrogen-bond acceptors (Lipinski definition) is 4. The zero-order valence-corrected chi connectivity index (χ0v) is 22.7. The molecule has 3 aromatic rings. The fraction of sp³-hybridized carbons (Fsp3) is 0.344. The largest absolute Gasteiger partial charge is 0.352 e. The summed E-state index contributed by atoms with van der Waals surface area (Å²) in [6.45, 7) is 5.31. The SMILES string of the molecule is CC[C@H](C)NC(=O)CN1CN(c2ccccc2)C2(CCN(C(=O)c3ccc(-c4ccccc4)cc3)CC2)C1=O. The Bertz CT molecular complexity index is 1300. The van der Waals surface area contributed by atoms with Gasteiger partial charge in [-0.3, -0.25) is 14.4 Å². The van der Waals surface area contributed by atoms with E-state index in [4.69, 9.17) is 0 Å². The number of benzene rings is 3. The van der Waals surface area contributed by atoms with Crippen molar-refractivity contribution >= 4 is 23.4 Å². The van der Waals surface area contributed by atoms with Crippen LogP contribution in [0.1, 0.15) is 43.5 Å². The molecule has 0 aliphatic carbocycles. The van der Waals surface area contributed by atoms with E-state index in [-0.39, 0.29) is 30.3 Å². The molecule has 39 heavy (non-hydrogen) atoms. The van der Waals surface area contributed by atoms with Gasteiger partial charge in [-0.25, -0.2) is 0 Å². The fourth-order valence-electron chi connectivity index (χ4n) is 5.62. The lowest BCUT2D eigenvalue weighted by atomic mass is 9.85. The van der Waals surface area contributed by atoms with Gasteiger partial charge in [0.1, 0.15) is 12.1 Å². The number of para-hydroxylation sites is 1. The Kier molecular flexibility index (Phi) is 7.68. The molecule has 0 unspecified atom stereocenters. The molecule has 202 valence electrons. The summed E-state index contributed by atoms with van der Waals surface area (Å²) < 4.78 is 0. The van der Waals surface area contributed by atoms with Gasteiger partial charge >= 0.3 is 0 Å². The van der Waals surface area contributed by atoms with Crippen molar-refractivity contribution in [2.75, 3.05) is 31.2 Å². The molecule has 2 fully saturated rings. The van der Waals surface area contributed by atoms with Crippen molar-refractivity contribution in [1.82, 2.24) is 15.1 Å². The summed E-state index contributed by atoms with van der Waals surface area (Å²) in [6.07, 6.45) is 1.86. The minimum Gasteiger partial charge on any atom is -0.352 e. The maximum Gasteiger partial charge on any atom is 0.253 e. The second kappa shape index (κ2) is 11.3. The van der Waals surface area contributed by atoms with Gasteiger partial charge in [-0.2, -0.15) is 0 Å². The molecule has 1 N–H and O–H groups in total. The normalized spacial score (nSPS) is 17.4. The first-order valence-electron chi connectivity index (χ1n) is 13.8. The van der Waals surface area contributed by atoms with Crippen LogP contribution in [0, 0.1) is 0 Å². The first-order valence-corrected chi connectivity index (χ1v) is 13.8. The smallest absolute Gasteiger partial charge is 0.253 e. The van der Waals surface area contributed by atoms with E-state index < -0.39 is 5.54 Å². The molecule has 0 aromatic heterocycles. The van der Waals surface area contributed by atoms with E-state index in [0.29, 0.717) is 38.2 Å². The Morgan fingerprint density at radius 2 is 1.46 bits per heavy atom. The van der Waals surface area contributed by atoms with Gasteiger partial charge in [0.2, 0.25) is 5.91 Å². The number of piperidine rings is 1. The molecule has 0 bridgehead atoms. The number of carbonyl (C=O) groups is 3. The van der Waals surface area contributed by atoms with Crippen molar-refractivity contribution in [3.05, 3.63) is 90.5 Å². The van der Waals surface area contributed by atoms with Gasteiger partial charge in [0.05, 0.1) is 6.67 Å². The van der Waals surface area contributed by atoms with E-state index >= 15 is 0 Å². The molecule has 3 aromatic carbocycles. The van der Waals surface area contributed by atoms with Crippen LogP contribution in [-0.4, -0.2) is 65.4 Å². The molecule has 1 atom stereocenters. The first kappa shape index (κ1) is 26.5. The van der Waals surface area contributed by atoms with E-state index in [9.17, 15) is 14.4 Å². The highest BCUT2D eigenvalue weighted by Gasteiger charge is 2.54. The summed E-state index contributed by atoms with van der Waals surface area (Å²) in [5, 5.41) is 2.97. The molecule has 7 heteroatoms. The van der Waals surface area contributed by atoms with Crippen molar-refractivity contribution in [3.8, 4) is 11.1 Å². The number of likely N-dealkylation sites (tertiary alicyclic amines) is 1. The molecular weight excluding hydrogens is 488 g/mol. The van der Waals surface area contributed by atoms with Crippen LogP contribution in [0.2, 0.25) is 0 Å². The van der Waals surface area contributed by atoms with Gasteiger partial charge in [0.15, 0.2) is 0 Å². The molecule has 2 aliphatic rings. The molecule has 0 saturated carbocycles. The lowest BCUT2D eigenvalue weighted by molar-refractivity contribution is -0.137. The molecule has 3 amide bonds. The highest BCUT2D eigenvalue weighted by Crippen LogP contribution is 2.39. The zero-order valence-electron chi connectivity index (χ0n) is 22.7. The number of nitrogens with zero attached hydrogens (tertiary/aromatic N) is 3. The topological polar surface area (TPSA) is 73.0 Å². The van der Waals surface area contributed by atoms with E-state index in [1.54, 1.807) is 4.90 Å². The van der Waals surface area contributed by atoms with Crippen LogP contribution >= 0.6 is 0 Å². The number of anilines is 1. The van der Waals surface area contributed by atoms with Crippen molar-refractivity contribution in [3.63, 3.8) is 0 Å². The summed E-state index contributed by atoms with van der Waals surface area (Å²) in [5.74, 6) is -0.203. The average molecular weight is 525 g/mol. The second-order valence-corrected chi connectivity index (χ2v) is 10.6. The Labute approximate surface area is 230 Å². The molecule has 7 nitrogen and oxygen atoms in total. The quantitative estimate of drug-likeness (QED) is 0.492. The molecule has 0 radical (unpaired) electrons. The van der Waals surface area contributed by atoms with Gasteiger partial charge in [0, 0.05) is 30.4 Å². The second-order valence-electron chi connectivity index (χ2n) is 10.6. The maximum atomic E-state index is 13.9. The van der Waals surface area contributed by atoms with Crippen LogP contribution < -0.4 is 10.2 Å². The first-order chi connectivity index (χ1) is 18.9. The van der Waals surface area contributed by atoms with Crippen LogP contribution in [0.25, 0.3) is 11.1 Å². The zero-order chi connectivity index (χ0) is 27.4. The molecule has 2 saturated heterocycles. The van der Waals surface area contributed by atoms with Crippen LogP contribution in [0.3, 0.4) is 0 Å². The van der Waals surface area contributed by atoms with Crippen molar-refractivity contribution < 1.29 is 14.4 Å². The third-order valence-corrected chi connectivity index (χ3v) is 8.05. The summed E-state index contributed by atoms with van der Waals surface area (Å²) in [6, 6.07) is 27.8. The minimum atomic E-state index is -0.772. The molecule has 2 aliphatic heterocycles. The predicted molar refractivity (Wildman–Crippen MR) is 153 cm³/mol. The van der Waals surface area contributed by atoms with Gasteiger partial charge in [-0.05, 0) is 61.6 Å². The molecule has 1 spiro atoms. The third kappa shape index (κ3) is 5.39. The monoisotopic (exact) mass is 524 g/mol. The predicted octanol–water partition coefficient (Wildman–Crippen LogP) is 4.55. The Balaban J connectivity index is 1.31. The minimum absolute atomic E-state index is 0.0223. The van der Waals surface area contributed by atoms with Crippen molar-refractivity contribution in [2.24, 2.45) is 0 Å². The summed E-state index contributed by atoms with van der Waals surface area (Å²) in [5.41, 5.74) is 3.00. The van der Waals surface area contributed by atoms with E-state index in [2.05, 4.69) is 22.3 Å². The Morgan fingerprint density at radius 1 is 0.872 bits per heavy atom. The van der Waals surface area contributed by atoms with Crippen molar-refractivity contribution in [1.29, 1.82) is 0 Å². The van der Waals surface area contributed by atoms with E-state index in [0.717, 1.165) is 23.2 Å². The third-order valence-electron chi connectivity index (χ3n) is 8.05. The molecule has 2 heterocycles. The average Bonchev–Trinajstić information content (AvgIpc) is 3.24. The van der Waals surface area contributed by atoms with Gasteiger partial charge in [0.25, 0.3) is 11.8 Å². The van der Waals surface area contributed by atoms with Gasteiger partial charge in [-0.1, -0.05) is 67.6 Å². The molecule has 5 rings (SSSR count). The highest BCUT2D eigenvalue weighted by molar-refractivity contribution is 5.98. The highest BCUT2D eigenvalue weighted by atomic mass is 16.2. The standard InChI is InChI=1S/C32H36N4O3/c1-3-24(2)33-29(37)22-35-23-36(28-12-8-5-9-13-28)32(31(35)39)18-20-34(21-19-32)30(38)27-16-14-26(15-17-27)25-10-6-4-7-11-25/h4-17,24H,3,18-23H2,1-2H3,(H,33,37)/t24-/m0/s1. The van der Waals surface area contributed by atoms with E-state index in [1.807, 2.05) is 91.5 Å².